The van der Waals surface area contributed by atoms with Crippen LogP contribution in [-0.4, -0.2) is 12.5 Å². The fourth-order valence-corrected chi connectivity index (χ4v) is 2.42. The highest BCUT2D eigenvalue weighted by Crippen LogP contribution is 2.19. The summed E-state index contributed by atoms with van der Waals surface area (Å²) in [5, 5.41) is 2.70. The van der Waals surface area contributed by atoms with Crippen molar-refractivity contribution in [3.63, 3.8) is 0 Å². The lowest BCUT2D eigenvalue weighted by molar-refractivity contribution is -0.122. The van der Waals surface area contributed by atoms with Crippen molar-refractivity contribution in [2.45, 2.75) is 39.7 Å². The van der Waals surface area contributed by atoms with E-state index in [-0.39, 0.29) is 17.4 Å². The fraction of sp³-hybridized carbons (Fsp3) is 0.562. The predicted molar refractivity (Wildman–Crippen MR) is 79.5 cm³/mol. The molecule has 0 aromatic heterocycles. The summed E-state index contributed by atoms with van der Waals surface area (Å²) in [7, 11) is 0. The summed E-state index contributed by atoms with van der Waals surface area (Å²) in [5.41, 5.74) is 5.82. The number of carbonyl (C=O) groups excluding carboxylic acids is 1. The van der Waals surface area contributed by atoms with E-state index in [9.17, 15) is 13.6 Å². The zero-order valence-electron chi connectivity index (χ0n) is 12.8. The Morgan fingerprint density at radius 2 is 1.95 bits per heavy atom. The van der Waals surface area contributed by atoms with Gasteiger partial charge in [-0.05, 0) is 49.9 Å². The van der Waals surface area contributed by atoms with Gasteiger partial charge in [0.1, 0.15) is 11.6 Å². The van der Waals surface area contributed by atoms with E-state index in [0.29, 0.717) is 18.9 Å². The number of nitrogens with one attached hydrogen (secondary N) is 1. The van der Waals surface area contributed by atoms with Crippen molar-refractivity contribution in [3.8, 4) is 0 Å². The number of amides is 1. The number of benzene rings is 1. The molecule has 0 bridgehead atoms. The van der Waals surface area contributed by atoms with Crippen molar-refractivity contribution in [1.82, 2.24) is 5.32 Å². The van der Waals surface area contributed by atoms with Crippen molar-refractivity contribution in [3.05, 3.63) is 35.4 Å². The molecule has 1 rings (SSSR count). The Balaban J connectivity index is 2.63. The van der Waals surface area contributed by atoms with Crippen LogP contribution in [0.15, 0.2) is 18.2 Å². The average Bonchev–Trinajstić information content (AvgIpc) is 2.39. The molecular weight excluding hydrogens is 274 g/mol. The molecule has 3 N–H and O–H groups in total. The van der Waals surface area contributed by atoms with Crippen LogP contribution in [0.5, 0.6) is 0 Å². The molecule has 2 unspecified atom stereocenters. The zero-order valence-corrected chi connectivity index (χ0v) is 12.8. The molecule has 0 heterocycles. The van der Waals surface area contributed by atoms with Crippen molar-refractivity contribution in [1.29, 1.82) is 0 Å². The van der Waals surface area contributed by atoms with E-state index in [1.165, 1.54) is 0 Å². The molecule has 0 aliphatic heterocycles. The van der Waals surface area contributed by atoms with E-state index in [4.69, 9.17) is 5.73 Å². The van der Waals surface area contributed by atoms with Gasteiger partial charge >= 0.3 is 0 Å². The predicted octanol–water partition coefficient (Wildman–Crippen LogP) is 3.15. The van der Waals surface area contributed by atoms with Crippen LogP contribution in [0.3, 0.4) is 0 Å². The Hall–Kier alpha value is -1.49. The molecule has 0 saturated heterocycles. The molecule has 0 saturated carbocycles. The standard InChI is InChI=1S/C16H24F2N2O/c1-10(2)6-12(9-19)7-16(21)20-11(3)14-8-13(17)4-5-15(14)18/h4-5,8,10-12H,6-7,9,19H2,1-3H3,(H,20,21). The van der Waals surface area contributed by atoms with Gasteiger partial charge in [-0.25, -0.2) is 8.78 Å². The Morgan fingerprint density at radius 3 is 2.52 bits per heavy atom. The smallest absolute Gasteiger partial charge is 0.220 e. The van der Waals surface area contributed by atoms with Gasteiger partial charge in [0, 0.05) is 12.0 Å². The molecule has 0 fully saturated rings. The van der Waals surface area contributed by atoms with Crippen molar-refractivity contribution >= 4 is 5.91 Å². The summed E-state index contributed by atoms with van der Waals surface area (Å²) >= 11 is 0. The maximum Gasteiger partial charge on any atom is 0.220 e. The highest BCUT2D eigenvalue weighted by Gasteiger charge is 2.18. The van der Waals surface area contributed by atoms with Crippen molar-refractivity contribution < 1.29 is 13.6 Å². The number of hydrogen-bond donors (Lipinski definition) is 2. The van der Waals surface area contributed by atoms with E-state index in [1.807, 2.05) is 0 Å². The maximum absolute atomic E-state index is 13.6. The van der Waals surface area contributed by atoms with Gasteiger partial charge in [-0.1, -0.05) is 13.8 Å². The lowest BCUT2D eigenvalue weighted by atomic mass is 9.94. The topological polar surface area (TPSA) is 55.1 Å². The minimum Gasteiger partial charge on any atom is -0.349 e. The number of nitrogens with two attached hydrogens (primary N) is 1. The van der Waals surface area contributed by atoms with E-state index in [0.717, 1.165) is 24.6 Å². The first-order valence-electron chi connectivity index (χ1n) is 7.27. The second-order valence-corrected chi connectivity index (χ2v) is 5.89. The van der Waals surface area contributed by atoms with E-state index in [2.05, 4.69) is 19.2 Å². The molecule has 0 radical (unpaired) electrons. The van der Waals surface area contributed by atoms with E-state index >= 15 is 0 Å². The largest absolute Gasteiger partial charge is 0.349 e. The Kier molecular flexibility index (Phi) is 6.75. The van der Waals surface area contributed by atoms with Gasteiger partial charge in [0.05, 0.1) is 6.04 Å². The summed E-state index contributed by atoms with van der Waals surface area (Å²) in [5.74, 6) is -0.671. The third-order valence-corrected chi connectivity index (χ3v) is 3.41. The molecule has 0 aliphatic rings. The molecular formula is C16H24F2N2O. The van der Waals surface area contributed by atoms with Gasteiger partial charge in [0.2, 0.25) is 5.91 Å². The van der Waals surface area contributed by atoms with Crippen LogP contribution in [0.25, 0.3) is 0 Å². The molecule has 5 heteroatoms. The molecule has 1 aromatic rings. The van der Waals surface area contributed by atoms with E-state index < -0.39 is 17.7 Å². The summed E-state index contributed by atoms with van der Waals surface area (Å²) < 4.78 is 26.8. The lowest BCUT2D eigenvalue weighted by Gasteiger charge is -2.19. The fourth-order valence-electron chi connectivity index (χ4n) is 2.42. The van der Waals surface area contributed by atoms with Crippen molar-refractivity contribution in [2.24, 2.45) is 17.6 Å². The molecule has 118 valence electrons. The van der Waals surface area contributed by atoms with Crippen LogP contribution in [0.2, 0.25) is 0 Å². The second-order valence-electron chi connectivity index (χ2n) is 5.89. The van der Waals surface area contributed by atoms with Gasteiger partial charge in [0.15, 0.2) is 0 Å². The monoisotopic (exact) mass is 298 g/mol. The second kappa shape index (κ2) is 8.08. The zero-order chi connectivity index (χ0) is 16.0. The average molecular weight is 298 g/mol. The number of rotatable bonds is 7. The first-order chi connectivity index (χ1) is 9.83. The van der Waals surface area contributed by atoms with Crippen LogP contribution in [-0.2, 0) is 4.79 Å². The maximum atomic E-state index is 13.6. The quantitative estimate of drug-likeness (QED) is 0.812. The van der Waals surface area contributed by atoms with Crippen molar-refractivity contribution in [2.75, 3.05) is 6.54 Å². The van der Waals surface area contributed by atoms with Gasteiger partial charge < -0.3 is 11.1 Å². The molecule has 2 atom stereocenters. The lowest BCUT2D eigenvalue weighted by Crippen LogP contribution is -2.31. The number of carbonyl (C=O) groups is 1. The SMILES string of the molecule is CC(C)CC(CN)CC(=O)NC(C)c1cc(F)ccc1F. The van der Waals surface area contributed by atoms with Gasteiger partial charge in [-0.15, -0.1) is 0 Å². The summed E-state index contributed by atoms with van der Waals surface area (Å²) in [6.07, 6.45) is 1.17. The van der Waals surface area contributed by atoms with E-state index in [1.54, 1.807) is 6.92 Å². The molecule has 0 aliphatic carbocycles. The van der Waals surface area contributed by atoms with Gasteiger partial charge in [0.25, 0.3) is 0 Å². The molecule has 21 heavy (non-hydrogen) atoms. The highest BCUT2D eigenvalue weighted by molar-refractivity contribution is 5.76. The van der Waals surface area contributed by atoms with Crippen LogP contribution in [0.4, 0.5) is 8.78 Å². The molecule has 1 amide bonds. The van der Waals surface area contributed by atoms with Gasteiger partial charge in [-0.2, -0.15) is 0 Å². The first kappa shape index (κ1) is 17.6. The van der Waals surface area contributed by atoms with Gasteiger partial charge in [-0.3, -0.25) is 4.79 Å². The number of halogens is 2. The first-order valence-corrected chi connectivity index (χ1v) is 7.27. The number of hydrogen-bond acceptors (Lipinski definition) is 2. The third kappa shape index (κ3) is 5.79. The summed E-state index contributed by atoms with van der Waals surface area (Å²) in [6, 6.07) is 2.65. The van der Waals surface area contributed by atoms with Crippen LogP contribution in [0, 0.1) is 23.5 Å². The molecule has 3 nitrogen and oxygen atoms in total. The Labute approximate surface area is 124 Å². The summed E-state index contributed by atoms with van der Waals surface area (Å²) in [6.45, 7) is 6.22. The van der Waals surface area contributed by atoms with Crippen LogP contribution in [0.1, 0.15) is 45.2 Å². The minimum atomic E-state index is -0.578. The third-order valence-electron chi connectivity index (χ3n) is 3.41. The highest BCUT2D eigenvalue weighted by atomic mass is 19.1. The molecule has 1 aromatic carbocycles. The Morgan fingerprint density at radius 1 is 1.29 bits per heavy atom. The summed E-state index contributed by atoms with van der Waals surface area (Å²) in [4.78, 5) is 12.0. The normalized spacial score (nSPS) is 14.0. The Bertz CT molecular complexity index is 477. The minimum absolute atomic E-state index is 0.106. The van der Waals surface area contributed by atoms with Crippen LogP contribution < -0.4 is 11.1 Å². The molecule has 0 spiro atoms. The van der Waals surface area contributed by atoms with Crippen LogP contribution >= 0.6 is 0 Å².